The summed E-state index contributed by atoms with van der Waals surface area (Å²) in [6, 6.07) is 14.5. The Morgan fingerprint density at radius 2 is 1.86 bits per heavy atom. The van der Waals surface area contributed by atoms with Crippen LogP contribution >= 0.6 is 0 Å². The number of amides is 2. The van der Waals surface area contributed by atoms with Gasteiger partial charge in [-0.15, -0.1) is 0 Å². The summed E-state index contributed by atoms with van der Waals surface area (Å²) < 4.78 is 11.3. The van der Waals surface area contributed by atoms with Gasteiger partial charge in [-0.1, -0.05) is 12.1 Å². The lowest BCUT2D eigenvalue weighted by molar-refractivity contribution is 0.0688. The van der Waals surface area contributed by atoms with Crippen molar-refractivity contribution in [2.24, 2.45) is 0 Å². The molecule has 2 aromatic carbocycles. The maximum Gasteiger partial charge on any atom is 0.257 e. The fraction of sp³-hybridized carbons (Fsp3) is 0.391. The molecule has 1 aliphatic rings. The number of rotatable bonds is 7. The first-order valence-corrected chi connectivity index (χ1v) is 9.97. The van der Waals surface area contributed by atoms with E-state index in [-0.39, 0.29) is 23.9 Å². The lowest BCUT2D eigenvalue weighted by Crippen LogP contribution is -2.39. The molecule has 0 radical (unpaired) electrons. The van der Waals surface area contributed by atoms with Crippen molar-refractivity contribution in [1.29, 1.82) is 0 Å². The number of hydrogen-bond donors (Lipinski definition) is 1. The zero-order valence-electron chi connectivity index (χ0n) is 17.2. The number of carbonyl (C=O) groups is 2. The Bertz CT molecular complexity index is 848. The van der Waals surface area contributed by atoms with E-state index in [1.165, 1.54) is 0 Å². The quantitative estimate of drug-likeness (QED) is 0.778. The Balaban J connectivity index is 1.61. The molecule has 1 saturated heterocycles. The standard InChI is InChI=1S/C23H28N2O4/c1-16(2)24-22(26)17-10-12-19(13-11-17)29-15-18-7-6-14-25(18)23(27)20-8-4-5-9-21(20)28-3/h4-5,8-13,16,18H,6-7,14-15H2,1-3H3,(H,24,26)/t18-/m1/s1. The van der Waals surface area contributed by atoms with Crippen molar-refractivity contribution in [3.8, 4) is 11.5 Å². The fourth-order valence-corrected chi connectivity index (χ4v) is 3.49. The van der Waals surface area contributed by atoms with E-state index in [1.807, 2.05) is 30.9 Å². The molecule has 6 heteroatoms. The Labute approximate surface area is 171 Å². The summed E-state index contributed by atoms with van der Waals surface area (Å²) in [6.45, 7) is 4.97. The second-order valence-electron chi connectivity index (χ2n) is 7.46. The molecule has 0 saturated carbocycles. The lowest BCUT2D eigenvalue weighted by Gasteiger charge is -2.25. The van der Waals surface area contributed by atoms with Crippen molar-refractivity contribution >= 4 is 11.8 Å². The van der Waals surface area contributed by atoms with Crippen LogP contribution in [0.15, 0.2) is 48.5 Å². The predicted molar refractivity (Wildman–Crippen MR) is 112 cm³/mol. The largest absolute Gasteiger partial charge is 0.496 e. The number of benzene rings is 2. The maximum atomic E-state index is 13.0. The van der Waals surface area contributed by atoms with Crippen LogP contribution in [-0.4, -0.2) is 49.1 Å². The summed E-state index contributed by atoms with van der Waals surface area (Å²) >= 11 is 0. The van der Waals surface area contributed by atoms with Crippen molar-refractivity contribution in [2.45, 2.75) is 38.8 Å². The minimum atomic E-state index is -0.101. The number of nitrogens with zero attached hydrogens (tertiary/aromatic N) is 1. The number of hydrogen-bond acceptors (Lipinski definition) is 4. The second kappa shape index (κ2) is 9.45. The third-order valence-electron chi connectivity index (χ3n) is 4.95. The van der Waals surface area contributed by atoms with Crippen LogP contribution in [0.25, 0.3) is 0 Å². The molecule has 6 nitrogen and oxygen atoms in total. The molecule has 0 bridgehead atoms. The molecule has 1 aliphatic heterocycles. The molecule has 3 rings (SSSR count). The van der Waals surface area contributed by atoms with Crippen LogP contribution in [0.2, 0.25) is 0 Å². The van der Waals surface area contributed by atoms with Gasteiger partial charge >= 0.3 is 0 Å². The van der Waals surface area contributed by atoms with Gasteiger partial charge in [-0.05, 0) is 63.1 Å². The van der Waals surface area contributed by atoms with Crippen molar-refractivity contribution in [2.75, 3.05) is 20.3 Å². The zero-order valence-corrected chi connectivity index (χ0v) is 17.2. The third kappa shape index (κ3) is 5.08. The number of carbonyl (C=O) groups excluding carboxylic acids is 2. The summed E-state index contributed by atoms with van der Waals surface area (Å²) in [7, 11) is 1.57. The van der Waals surface area contributed by atoms with E-state index in [2.05, 4.69) is 5.32 Å². The maximum absolute atomic E-state index is 13.0. The highest BCUT2D eigenvalue weighted by atomic mass is 16.5. The highest BCUT2D eigenvalue weighted by Crippen LogP contribution is 2.25. The van der Waals surface area contributed by atoms with Crippen LogP contribution < -0.4 is 14.8 Å². The van der Waals surface area contributed by atoms with Crippen molar-refractivity contribution in [1.82, 2.24) is 10.2 Å². The first kappa shape index (κ1) is 20.7. The van der Waals surface area contributed by atoms with Crippen LogP contribution in [0.1, 0.15) is 47.4 Å². The van der Waals surface area contributed by atoms with Gasteiger partial charge in [-0.2, -0.15) is 0 Å². The molecule has 154 valence electrons. The molecule has 2 aromatic rings. The van der Waals surface area contributed by atoms with E-state index in [0.717, 1.165) is 12.8 Å². The zero-order chi connectivity index (χ0) is 20.8. The minimum absolute atomic E-state index is 0.0105. The van der Waals surface area contributed by atoms with E-state index in [9.17, 15) is 9.59 Å². The smallest absolute Gasteiger partial charge is 0.257 e. The monoisotopic (exact) mass is 396 g/mol. The van der Waals surface area contributed by atoms with Crippen molar-refractivity contribution < 1.29 is 19.1 Å². The molecule has 1 heterocycles. The van der Waals surface area contributed by atoms with Gasteiger partial charge in [-0.3, -0.25) is 9.59 Å². The van der Waals surface area contributed by atoms with Gasteiger partial charge in [-0.25, -0.2) is 0 Å². The molecule has 0 aromatic heterocycles. The molecule has 1 atom stereocenters. The van der Waals surface area contributed by atoms with Gasteiger partial charge in [0.2, 0.25) is 0 Å². The topological polar surface area (TPSA) is 67.9 Å². The molecular weight excluding hydrogens is 368 g/mol. The van der Waals surface area contributed by atoms with E-state index < -0.39 is 0 Å². The van der Waals surface area contributed by atoms with Crippen LogP contribution in [-0.2, 0) is 0 Å². The van der Waals surface area contributed by atoms with E-state index in [1.54, 1.807) is 43.5 Å². The molecule has 29 heavy (non-hydrogen) atoms. The second-order valence-corrected chi connectivity index (χ2v) is 7.46. The SMILES string of the molecule is COc1ccccc1C(=O)N1CCC[C@@H]1COc1ccc(C(=O)NC(C)C)cc1. The van der Waals surface area contributed by atoms with Crippen LogP contribution in [0.5, 0.6) is 11.5 Å². The third-order valence-corrected chi connectivity index (χ3v) is 4.95. The predicted octanol–water partition coefficient (Wildman–Crippen LogP) is 3.52. The van der Waals surface area contributed by atoms with Gasteiger partial charge in [0.15, 0.2) is 0 Å². The van der Waals surface area contributed by atoms with Gasteiger partial charge in [0.25, 0.3) is 11.8 Å². The van der Waals surface area contributed by atoms with Crippen LogP contribution in [0.3, 0.4) is 0 Å². The number of ether oxygens (including phenoxy) is 2. The highest BCUT2D eigenvalue weighted by Gasteiger charge is 2.31. The summed E-state index contributed by atoms with van der Waals surface area (Å²) in [4.78, 5) is 26.9. The molecule has 0 spiro atoms. The van der Waals surface area contributed by atoms with E-state index in [0.29, 0.717) is 35.8 Å². The van der Waals surface area contributed by atoms with Gasteiger partial charge in [0.1, 0.15) is 18.1 Å². The fourth-order valence-electron chi connectivity index (χ4n) is 3.49. The summed E-state index contributed by atoms with van der Waals surface area (Å²) in [6.07, 6.45) is 1.85. The minimum Gasteiger partial charge on any atom is -0.496 e. The van der Waals surface area contributed by atoms with Gasteiger partial charge in [0, 0.05) is 18.2 Å². The van der Waals surface area contributed by atoms with Gasteiger partial charge in [0.05, 0.1) is 18.7 Å². The Morgan fingerprint density at radius 3 is 2.55 bits per heavy atom. The number of likely N-dealkylation sites (tertiary alicyclic amines) is 1. The summed E-state index contributed by atoms with van der Waals surface area (Å²) in [5.41, 5.74) is 1.17. The van der Waals surface area contributed by atoms with Crippen LogP contribution in [0.4, 0.5) is 0 Å². The molecular formula is C23H28N2O4. The summed E-state index contributed by atoms with van der Waals surface area (Å²) in [5.74, 6) is 1.13. The highest BCUT2D eigenvalue weighted by molar-refractivity contribution is 5.97. The van der Waals surface area contributed by atoms with E-state index >= 15 is 0 Å². The Hall–Kier alpha value is -3.02. The van der Waals surface area contributed by atoms with Crippen LogP contribution in [0, 0.1) is 0 Å². The first-order chi connectivity index (χ1) is 14.0. The first-order valence-electron chi connectivity index (χ1n) is 9.97. The average Bonchev–Trinajstić information content (AvgIpc) is 3.20. The van der Waals surface area contributed by atoms with Gasteiger partial charge < -0.3 is 19.7 Å². The lowest BCUT2D eigenvalue weighted by atomic mass is 10.1. The summed E-state index contributed by atoms with van der Waals surface area (Å²) in [5, 5.41) is 2.86. The molecule has 0 aliphatic carbocycles. The number of methoxy groups -OCH3 is 1. The Morgan fingerprint density at radius 1 is 1.14 bits per heavy atom. The van der Waals surface area contributed by atoms with Crippen molar-refractivity contribution in [3.05, 3.63) is 59.7 Å². The van der Waals surface area contributed by atoms with E-state index in [4.69, 9.17) is 9.47 Å². The molecule has 2 amide bonds. The van der Waals surface area contributed by atoms with Crippen molar-refractivity contribution in [3.63, 3.8) is 0 Å². The number of para-hydroxylation sites is 1. The molecule has 0 unspecified atom stereocenters. The number of nitrogens with one attached hydrogen (secondary N) is 1. The Kier molecular flexibility index (Phi) is 6.75. The molecule has 1 N–H and O–H groups in total. The average molecular weight is 396 g/mol. The normalized spacial score (nSPS) is 16.0. The molecule has 1 fully saturated rings.